The second-order valence-electron chi connectivity index (χ2n) is 4.22. The van der Waals surface area contributed by atoms with Gasteiger partial charge < -0.3 is 10.1 Å². The third-order valence-electron chi connectivity index (χ3n) is 2.88. The first-order valence-electron chi connectivity index (χ1n) is 6.25. The third kappa shape index (κ3) is 5.16. The second-order valence-corrected chi connectivity index (χ2v) is 4.22. The molecule has 0 radical (unpaired) electrons. The van der Waals surface area contributed by atoms with E-state index in [1.165, 1.54) is 0 Å². The minimum atomic E-state index is -0.496. The number of carbonyl (C=O) groups is 1. The monoisotopic (exact) mass is 239 g/mol. The molecule has 1 aliphatic rings. The van der Waals surface area contributed by atoms with E-state index in [4.69, 9.17) is 10.00 Å². The number of nitrogens with one attached hydrogen (secondary N) is 1. The molecule has 5 nitrogen and oxygen atoms in total. The number of nitrogens with zero attached hydrogens (tertiary/aromatic N) is 2. The lowest BCUT2D eigenvalue weighted by atomic mass is 10.1. The molecule has 0 saturated carbocycles. The maximum Gasteiger partial charge on any atom is 0.237 e. The zero-order valence-corrected chi connectivity index (χ0v) is 10.4. The van der Waals surface area contributed by atoms with Gasteiger partial charge in [0.05, 0.1) is 19.3 Å². The smallest absolute Gasteiger partial charge is 0.237 e. The fraction of sp³-hybridized carbons (Fsp3) is 0.833. The van der Waals surface area contributed by atoms with Gasteiger partial charge in [-0.2, -0.15) is 5.26 Å². The zero-order valence-electron chi connectivity index (χ0n) is 10.4. The van der Waals surface area contributed by atoms with E-state index in [0.29, 0.717) is 13.0 Å². The van der Waals surface area contributed by atoms with Gasteiger partial charge in [0, 0.05) is 26.2 Å². The van der Waals surface area contributed by atoms with Crippen LogP contribution in [0.25, 0.3) is 0 Å². The van der Waals surface area contributed by atoms with Crippen LogP contribution in [0.3, 0.4) is 0 Å². The summed E-state index contributed by atoms with van der Waals surface area (Å²) in [5.74, 6) is -0.632. The van der Waals surface area contributed by atoms with Crippen LogP contribution in [0.2, 0.25) is 0 Å². The first-order valence-corrected chi connectivity index (χ1v) is 6.25. The van der Waals surface area contributed by atoms with Gasteiger partial charge >= 0.3 is 0 Å². The zero-order chi connectivity index (χ0) is 12.5. The number of hydrogen-bond acceptors (Lipinski definition) is 4. The normalized spacial score (nSPS) is 18.4. The van der Waals surface area contributed by atoms with Gasteiger partial charge in [-0.3, -0.25) is 9.69 Å². The Kier molecular flexibility index (Phi) is 6.60. The first kappa shape index (κ1) is 13.9. The van der Waals surface area contributed by atoms with Gasteiger partial charge in [0.25, 0.3) is 0 Å². The molecule has 0 aromatic carbocycles. The summed E-state index contributed by atoms with van der Waals surface area (Å²) in [6.45, 7) is 6.81. The van der Waals surface area contributed by atoms with Crippen molar-refractivity contribution >= 4 is 5.91 Å². The Morgan fingerprint density at radius 3 is 2.82 bits per heavy atom. The van der Waals surface area contributed by atoms with Crippen LogP contribution in [-0.2, 0) is 9.53 Å². The number of nitriles is 1. The summed E-state index contributed by atoms with van der Waals surface area (Å²) < 4.78 is 5.24. The van der Waals surface area contributed by atoms with Crippen molar-refractivity contribution in [3.63, 3.8) is 0 Å². The molecule has 0 aromatic heterocycles. The number of carbonyl (C=O) groups excluding carboxylic acids is 1. The van der Waals surface area contributed by atoms with Crippen LogP contribution in [0.4, 0.5) is 0 Å². The number of hydrogen-bond donors (Lipinski definition) is 1. The van der Waals surface area contributed by atoms with Crippen LogP contribution in [-0.4, -0.2) is 50.2 Å². The van der Waals surface area contributed by atoms with Crippen molar-refractivity contribution in [3.8, 4) is 6.07 Å². The number of amides is 1. The fourth-order valence-corrected chi connectivity index (χ4v) is 1.83. The quantitative estimate of drug-likeness (QED) is 0.727. The van der Waals surface area contributed by atoms with Crippen LogP contribution in [0, 0.1) is 17.2 Å². The maximum absolute atomic E-state index is 11.6. The molecule has 0 spiro atoms. The molecule has 0 aliphatic carbocycles. The van der Waals surface area contributed by atoms with E-state index in [2.05, 4.69) is 10.2 Å². The summed E-state index contributed by atoms with van der Waals surface area (Å²) >= 11 is 0. The Bertz CT molecular complexity index is 269. The predicted octanol–water partition coefficient (Wildman–Crippen LogP) is 0.375. The molecule has 1 aliphatic heterocycles. The van der Waals surface area contributed by atoms with Gasteiger partial charge in [-0.15, -0.1) is 0 Å². The van der Waals surface area contributed by atoms with Crippen LogP contribution in [0.15, 0.2) is 0 Å². The van der Waals surface area contributed by atoms with Crippen molar-refractivity contribution in [1.29, 1.82) is 5.26 Å². The SMILES string of the molecule is CCCC(C#N)C(=O)NCCN1CCOCC1. The summed E-state index contributed by atoms with van der Waals surface area (Å²) in [4.78, 5) is 13.9. The lowest BCUT2D eigenvalue weighted by molar-refractivity contribution is -0.123. The molecule has 1 amide bonds. The molecule has 1 fully saturated rings. The number of rotatable bonds is 6. The average Bonchev–Trinajstić information content (AvgIpc) is 2.37. The highest BCUT2D eigenvalue weighted by Gasteiger charge is 2.16. The molecule has 96 valence electrons. The van der Waals surface area contributed by atoms with E-state index in [1.807, 2.05) is 13.0 Å². The molecule has 1 atom stereocenters. The minimum Gasteiger partial charge on any atom is -0.379 e. The lowest BCUT2D eigenvalue weighted by Crippen LogP contribution is -2.42. The summed E-state index contributed by atoms with van der Waals surface area (Å²) in [6.07, 6.45) is 1.50. The summed E-state index contributed by atoms with van der Waals surface area (Å²) in [5, 5.41) is 11.7. The molecule has 0 bridgehead atoms. The van der Waals surface area contributed by atoms with Crippen LogP contribution >= 0.6 is 0 Å². The topological polar surface area (TPSA) is 65.4 Å². The van der Waals surface area contributed by atoms with Gasteiger partial charge in [0.15, 0.2) is 0 Å². The third-order valence-corrected chi connectivity index (χ3v) is 2.88. The molecule has 17 heavy (non-hydrogen) atoms. The molecular formula is C12H21N3O2. The molecule has 5 heteroatoms. The maximum atomic E-state index is 11.6. The van der Waals surface area contributed by atoms with Crippen LogP contribution < -0.4 is 5.32 Å². The Balaban J connectivity index is 2.16. The van der Waals surface area contributed by atoms with Crippen molar-refractivity contribution in [2.75, 3.05) is 39.4 Å². The predicted molar refractivity (Wildman–Crippen MR) is 64.3 cm³/mol. The highest BCUT2D eigenvalue weighted by molar-refractivity contribution is 5.80. The summed E-state index contributed by atoms with van der Waals surface area (Å²) in [5.41, 5.74) is 0. The molecule has 1 saturated heterocycles. The Morgan fingerprint density at radius 1 is 1.53 bits per heavy atom. The van der Waals surface area contributed by atoms with E-state index in [0.717, 1.165) is 39.3 Å². The number of ether oxygens (including phenoxy) is 1. The van der Waals surface area contributed by atoms with E-state index < -0.39 is 5.92 Å². The van der Waals surface area contributed by atoms with Crippen molar-refractivity contribution in [2.24, 2.45) is 5.92 Å². The summed E-state index contributed by atoms with van der Waals surface area (Å²) in [7, 11) is 0. The summed E-state index contributed by atoms with van der Waals surface area (Å²) in [6, 6.07) is 2.05. The highest BCUT2D eigenvalue weighted by Crippen LogP contribution is 2.04. The second kappa shape index (κ2) is 8.04. The van der Waals surface area contributed by atoms with Crippen LogP contribution in [0.5, 0.6) is 0 Å². The van der Waals surface area contributed by atoms with E-state index in [9.17, 15) is 4.79 Å². The molecular weight excluding hydrogens is 218 g/mol. The Morgan fingerprint density at radius 2 is 2.24 bits per heavy atom. The van der Waals surface area contributed by atoms with E-state index >= 15 is 0 Å². The minimum absolute atomic E-state index is 0.136. The van der Waals surface area contributed by atoms with Crippen molar-refractivity contribution in [3.05, 3.63) is 0 Å². The first-order chi connectivity index (χ1) is 8.27. The molecule has 1 heterocycles. The van der Waals surface area contributed by atoms with Crippen LogP contribution in [0.1, 0.15) is 19.8 Å². The largest absolute Gasteiger partial charge is 0.379 e. The Hall–Kier alpha value is -1.12. The van der Waals surface area contributed by atoms with E-state index in [-0.39, 0.29) is 5.91 Å². The highest BCUT2D eigenvalue weighted by atomic mass is 16.5. The van der Waals surface area contributed by atoms with Crippen molar-refractivity contribution < 1.29 is 9.53 Å². The lowest BCUT2D eigenvalue weighted by Gasteiger charge is -2.26. The van der Waals surface area contributed by atoms with Gasteiger partial charge in [-0.25, -0.2) is 0 Å². The molecule has 0 aromatic rings. The van der Waals surface area contributed by atoms with E-state index in [1.54, 1.807) is 0 Å². The standard InChI is InChI=1S/C12H21N3O2/c1-2-3-11(10-13)12(16)14-4-5-15-6-8-17-9-7-15/h11H,2-9H2,1H3,(H,14,16). The van der Waals surface area contributed by atoms with Crippen molar-refractivity contribution in [1.82, 2.24) is 10.2 Å². The van der Waals surface area contributed by atoms with Crippen molar-refractivity contribution in [2.45, 2.75) is 19.8 Å². The van der Waals surface area contributed by atoms with Gasteiger partial charge in [-0.1, -0.05) is 13.3 Å². The molecule has 1 N–H and O–H groups in total. The fourth-order valence-electron chi connectivity index (χ4n) is 1.83. The number of morpholine rings is 1. The molecule has 1 rings (SSSR count). The van der Waals surface area contributed by atoms with Gasteiger partial charge in [0.2, 0.25) is 5.91 Å². The average molecular weight is 239 g/mol. The van der Waals surface area contributed by atoms with Gasteiger partial charge in [0.1, 0.15) is 5.92 Å². The molecule has 1 unspecified atom stereocenters. The van der Waals surface area contributed by atoms with Gasteiger partial charge in [-0.05, 0) is 6.42 Å². The Labute approximate surface area is 103 Å².